The molecule has 1 aromatic heterocycles. The Labute approximate surface area is 180 Å². The number of ether oxygens (including phenoxy) is 1. The van der Waals surface area contributed by atoms with Gasteiger partial charge in [-0.05, 0) is 61.4 Å². The average Bonchev–Trinajstić information content (AvgIpc) is 3.25. The third-order valence-corrected chi connectivity index (χ3v) is 5.13. The molecule has 1 fully saturated rings. The number of rotatable bonds is 4. The van der Waals surface area contributed by atoms with E-state index in [0.29, 0.717) is 29.1 Å². The van der Waals surface area contributed by atoms with Crippen LogP contribution in [0.3, 0.4) is 0 Å². The molecule has 9 heteroatoms. The molecule has 3 aromatic rings. The summed E-state index contributed by atoms with van der Waals surface area (Å²) in [4.78, 5) is 17.1. The van der Waals surface area contributed by atoms with Gasteiger partial charge in [0.2, 0.25) is 5.55 Å². The highest BCUT2D eigenvalue weighted by Gasteiger charge is 2.30. The van der Waals surface area contributed by atoms with Crippen LogP contribution in [0.4, 0.5) is 18.9 Å². The molecule has 162 valence electrons. The van der Waals surface area contributed by atoms with Gasteiger partial charge < -0.3 is 14.5 Å². The second-order valence-corrected chi connectivity index (χ2v) is 7.59. The van der Waals surface area contributed by atoms with Crippen molar-refractivity contribution in [3.05, 3.63) is 70.2 Å². The SMILES string of the molecule is O=C(NC[C@@H]1CCCO1)c1cc2cc(Cl)ccc2oc1=Nc1ccc(C(F)(F)F)cc1. The smallest absolute Gasteiger partial charge is 0.416 e. The molecule has 0 aliphatic carbocycles. The molecule has 0 bridgehead atoms. The van der Waals surface area contributed by atoms with Gasteiger partial charge in [0.05, 0.1) is 17.4 Å². The Morgan fingerprint density at radius 1 is 1.16 bits per heavy atom. The van der Waals surface area contributed by atoms with Crippen molar-refractivity contribution in [2.24, 2.45) is 4.99 Å². The van der Waals surface area contributed by atoms with Gasteiger partial charge in [-0.15, -0.1) is 0 Å². The van der Waals surface area contributed by atoms with Crippen molar-refractivity contribution in [2.75, 3.05) is 13.2 Å². The lowest BCUT2D eigenvalue weighted by Gasteiger charge is -2.11. The molecule has 31 heavy (non-hydrogen) atoms. The van der Waals surface area contributed by atoms with E-state index in [-0.39, 0.29) is 22.9 Å². The van der Waals surface area contributed by atoms with Gasteiger partial charge in [-0.3, -0.25) is 4.79 Å². The summed E-state index contributed by atoms with van der Waals surface area (Å²) in [6, 6.07) is 10.8. The third-order valence-electron chi connectivity index (χ3n) is 4.89. The van der Waals surface area contributed by atoms with Gasteiger partial charge in [-0.25, -0.2) is 4.99 Å². The standard InChI is InChI=1S/C22H18ClF3N2O3/c23-15-5-8-19-13(10-15)11-18(20(29)27-12-17-2-1-9-30-17)21(31-19)28-16-6-3-14(4-7-16)22(24,25)26/h3-8,10-11,17H,1-2,9,12H2,(H,27,29)/t17-/m0/s1. The zero-order valence-electron chi connectivity index (χ0n) is 16.2. The van der Waals surface area contributed by atoms with Crippen LogP contribution in [-0.2, 0) is 10.9 Å². The van der Waals surface area contributed by atoms with Gasteiger partial charge in [0.1, 0.15) is 11.1 Å². The van der Waals surface area contributed by atoms with Crippen molar-refractivity contribution in [2.45, 2.75) is 25.1 Å². The number of nitrogens with one attached hydrogen (secondary N) is 1. The summed E-state index contributed by atoms with van der Waals surface area (Å²) in [6.07, 6.45) is -2.69. The van der Waals surface area contributed by atoms with E-state index in [1.165, 1.54) is 12.1 Å². The molecule has 2 aromatic carbocycles. The molecule has 0 spiro atoms. The van der Waals surface area contributed by atoms with Crippen LogP contribution in [0.1, 0.15) is 28.8 Å². The van der Waals surface area contributed by atoms with E-state index in [2.05, 4.69) is 10.3 Å². The lowest BCUT2D eigenvalue weighted by Crippen LogP contribution is -2.34. The molecule has 1 atom stereocenters. The van der Waals surface area contributed by atoms with Crippen molar-refractivity contribution < 1.29 is 27.1 Å². The van der Waals surface area contributed by atoms with Crippen molar-refractivity contribution in [3.63, 3.8) is 0 Å². The first-order chi connectivity index (χ1) is 14.8. The maximum atomic E-state index is 12.9. The molecule has 1 aliphatic heterocycles. The fourth-order valence-corrected chi connectivity index (χ4v) is 3.48. The number of alkyl halides is 3. The van der Waals surface area contributed by atoms with Crippen molar-refractivity contribution in [1.82, 2.24) is 5.32 Å². The van der Waals surface area contributed by atoms with E-state index in [4.69, 9.17) is 20.8 Å². The van der Waals surface area contributed by atoms with Crippen LogP contribution in [0, 0.1) is 0 Å². The first kappa shape index (κ1) is 21.4. The van der Waals surface area contributed by atoms with Gasteiger partial charge in [-0.1, -0.05) is 11.6 Å². The summed E-state index contributed by atoms with van der Waals surface area (Å²) >= 11 is 6.04. The van der Waals surface area contributed by atoms with Gasteiger partial charge >= 0.3 is 6.18 Å². The Hall–Kier alpha value is -2.84. The van der Waals surface area contributed by atoms with E-state index < -0.39 is 17.6 Å². The minimum absolute atomic E-state index is 0.0144. The van der Waals surface area contributed by atoms with E-state index in [9.17, 15) is 18.0 Å². The van der Waals surface area contributed by atoms with Crippen molar-refractivity contribution >= 4 is 34.2 Å². The third kappa shape index (κ3) is 5.08. The first-order valence-corrected chi connectivity index (χ1v) is 10.0. The lowest BCUT2D eigenvalue weighted by atomic mass is 10.1. The highest BCUT2D eigenvalue weighted by atomic mass is 35.5. The largest absolute Gasteiger partial charge is 0.438 e. The summed E-state index contributed by atoms with van der Waals surface area (Å²) in [5.41, 5.74) is 0.00197. The van der Waals surface area contributed by atoms with Crippen LogP contribution in [0.5, 0.6) is 0 Å². The molecule has 5 nitrogen and oxygen atoms in total. The number of carbonyl (C=O) groups is 1. The molecule has 4 rings (SSSR count). The summed E-state index contributed by atoms with van der Waals surface area (Å²) < 4.78 is 49.8. The minimum atomic E-state index is -4.45. The van der Waals surface area contributed by atoms with E-state index in [0.717, 1.165) is 25.0 Å². The molecule has 1 aliphatic rings. The molecule has 1 amide bonds. The molecule has 0 radical (unpaired) electrons. The lowest BCUT2D eigenvalue weighted by molar-refractivity contribution is -0.137. The normalized spacial score (nSPS) is 17.3. The van der Waals surface area contributed by atoms with Gasteiger partial charge in [0.15, 0.2) is 0 Å². The van der Waals surface area contributed by atoms with E-state index in [1.54, 1.807) is 24.3 Å². The number of hydrogen-bond acceptors (Lipinski definition) is 4. The van der Waals surface area contributed by atoms with Gasteiger partial charge in [0, 0.05) is 23.6 Å². The summed E-state index contributed by atoms with van der Waals surface area (Å²) in [5, 5.41) is 3.88. The van der Waals surface area contributed by atoms with Crippen LogP contribution in [0.2, 0.25) is 5.02 Å². The molecule has 1 N–H and O–H groups in total. The van der Waals surface area contributed by atoms with E-state index in [1.807, 2.05) is 0 Å². The summed E-state index contributed by atoms with van der Waals surface area (Å²) in [7, 11) is 0. The molecular weight excluding hydrogens is 433 g/mol. The summed E-state index contributed by atoms with van der Waals surface area (Å²) in [6.45, 7) is 1.00. The van der Waals surface area contributed by atoms with Gasteiger partial charge in [-0.2, -0.15) is 13.2 Å². The zero-order valence-corrected chi connectivity index (χ0v) is 17.0. The number of halogens is 4. The van der Waals surface area contributed by atoms with Crippen LogP contribution in [-0.4, -0.2) is 25.2 Å². The Morgan fingerprint density at radius 3 is 2.61 bits per heavy atom. The number of nitrogens with zero attached hydrogens (tertiary/aromatic N) is 1. The van der Waals surface area contributed by atoms with Crippen LogP contribution in [0.25, 0.3) is 11.0 Å². The molecule has 1 saturated heterocycles. The minimum Gasteiger partial charge on any atom is -0.438 e. The van der Waals surface area contributed by atoms with Crippen LogP contribution < -0.4 is 10.9 Å². The van der Waals surface area contributed by atoms with Crippen molar-refractivity contribution in [1.29, 1.82) is 0 Å². The maximum Gasteiger partial charge on any atom is 0.416 e. The molecule has 0 saturated carbocycles. The highest BCUT2D eigenvalue weighted by molar-refractivity contribution is 6.31. The highest BCUT2D eigenvalue weighted by Crippen LogP contribution is 2.30. The first-order valence-electron chi connectivity index (χ1n) is 9.65. The molecule has 0 unspecified atom stereocenters. The Balaban J connectivity index is 1.73. The summed E-state index contributed by atoms with van der Waals surface area (Å²) in [5.74, 6) is -0.424. The number of hydrogen-bond donors (Lipinski definition) is 1. The van der Waals surface area contributed by atoms with Crippen LogP contribution >= 0.6 is 11.6 Å². The number of carbonyl (C=O) groups excluding carboxylic acids is 1. The number of fused-ring (bicyclic) bond motifs is 1. The maximum absolute atomic E-state index is 12.9. The van der Waals surface area contributed by atoms with Crippen molar-refractivity contribution in [3.8, 4) is 0 Å². The zero-order chi connectivity index (χ0) is 22.0. The topological polar surface area (TPSA) is 63.8 Å². The molecular formula is C22H18ClF3N2O3. The monoisotopic (exact) mass is 450 g/mol. The Kier molecular flexibility index (Phi) is 6.02. The van der Waals surface area contributed by atoms with Crippen LogP contribution in [0.15, 0.2) is 57.9 Å². The second-order valence-electron chi connectivity index (χ2n) is 7.15. The quantitative estimate of drug-likeness (QED) is 0.590. The van der Waals surface area contributed by atoms with Gasteiger partial charge in [0.25, 0.3) is 5.91 Å². The second kappa shape index (κ2) is 8.72. The predicted molar refractivity (Wildman–Crippen MR) is 109 cm³/mol. The number of amides is 1. The predicted octanol–water partition coefficient (Wildman–Crippen LogP) is 5.25. The Morgan fingerprint density at radius 2 is 1.94 bits per heavy atom. The number of benzene rings is 2. The van der Waals surface area contributed by atoms with E-state index >= 15 is 0 Å². The fraction of sp³-hybridized carbons (Fsp3) is 0.273. The average molecular weight is 451 g/mol. The fourth-order valence-electron chi connectivity index (χ4n) is 3.30. The molecule has 2 heterocycles. The Bertz CT molecular complexity index is 1170.